The number of aromatic amines is 1. The number of halogens is 1. The van der Waals surface area contributed by atoms with E-state index in [1.807, 2.05) is 25.1 Å². The summed E-state index contributed by atoms with van der Waals surface area (Å²) < 4.78 is 19.9. The van der Waals surface area contributed by atoms with Gasteiger partial charge in [-0.2, -0.15) is 5.10 Å². The van der Waals surface area contributed by atoms with Crippen molar-refractivity contribution in [1.82, 2.24) is 15.5 Å². The molecule has 3 N–H and O–H groups in total. The zero-order valence-corrected chi connectivity index (χ0v) is 15.7. The van der Waals surface area contributed by atoms with Crippen LogP contribution in [0.4, 0.5) is 10.2 Å². The fourth-order valence-electron chi connectivity index (χ4n) is 3.55. The Morgan fingerprint density at radius 1 is 1.32 bits per heavy atom. The van der Waals surface area contributed by atoms with Gasteiger partial charge in [-0.3, -0.25) is 9.89 Å². The highest BCUT2D eigenvalue weighted by Crippen LogP contribution is 2.31. The number of anilines is 1. The SMILES string of the molecule is CCOc1ccc(F)c(-c2ccc3[nH]nc(NC(=O)[C@@H]4CCCNC4)c3c2)c1. The van der Waals surface area contributed by atoms with Crippen LogP contribution in [0.2, 0.25) is 0 Å². The molecule has 1 saturated heterocycles. The van der Waals surface area contributed by atoms with Gasteiger partial charge < -0.3 is 15.4 Å². The van der Waals surface area contributed by atoms with Gasteiger partial charge in [0.05, 0.1) is 18.0 Å². The predicted octanol–water partition coefficient (Wildman–Crippen LogP) is 3.71. The molecule has 0 unspecified atom stereocenters. The van der Waals surface area contributed by atoms with Crippen molar-refractivity contribution in [1.29, 1.82) is 0 Å². The lowest BCUT2D eigenvalue weighted by molar-refractivity contribution is -0.120. The molecule has 2 aromatic carbocycles. The van der Waals surface area contributed by atoms with E-state index in [2.05, 4.69) is 20.8 Å². The summed E-state index contributed by atoms with van der Waals surface area (Å²) in [7, 11) is 0. The minimum Gasteiger partial charge on any atom is -0.494 e. The van der Waals surface area contributed by atoms with Gasteiger partial charge in [-0.25, -0.2) is 4.39 Å². The van der Waals surface area contributed by atoms with Crippen molar-refractivity contribution in [2.75, 3.05) is 25.0 Å². The number of nitrogens with one attached hydrogen (secondary N) is 3. The number of ether oxygens (including phenoxy) is 1. The number of H-pyrrole nitrogens is 1. The van der Waals surface area contributed by atoms with Crippen LogP contribution in [0.5, 0.6) is 5.75 Å². The smallest absolute Gasteiger partial charge is 0.229 e. The normalized spacial score (nSPS) is 16.9. The molecule has 0 radical (unpaired) electrons. The maximum Gasteiger partial charge on any atom is 0.229 e. The largest absolute Gasteiger partial charge is 0.494 e. The molecule has 4 rings (SSSR count). The number of carbonyl (C=O) groups is 1. The van der Waals surface area contributed by atoms with Gasteiger partial charge in [0.1, 0.15) is 11.6 Å². The molecule has 1 aliphatic rings. The summed E-state index contributed by atoms with van der Waals surface area (Å²) in [6.07, 6.45) is 1.85. The van der Waals surface area contributed by atoms with Crippen LogP contribution < -0.4 is 15.4 Å². The molecule has 1 amide bonds. The molecular weight excluding hydrogens is 359 g/mol. The molecule has 7 heteroatoms. The molecule has 28 heavy (non-hydrogen) atoms. The first kappa shape index (κ1) is 18.4. The monoisotopic (exact) mass is 382 g/mol. The van der Waals surface area contributed by atoms with Crippen LogP contribution in [-0.4, -0.2) is 35.8 Å². The summed E-state index contributed by atoms with van der Waals surface area (Å²) in [6, 6.07) is 10.2. The van der Waals surface area contributed by atoms with Gasteiger partial charge >= 0.3 is 0 Å². The lowest BCUT2D eigenvalue weighted by Gasteiger charge is -2.21. The van der Waals surface area contributed by atoms with Crippen LogP contribution in [0.3, 0.4) is 0 Å². The molecule has 2 heterocycles. The first-order valence-corrected chi connectivity index (χ1v) is 9.58. The standard InChI is InChI=1S/C21H23FN4O2/c1-2-28-15-6-7-18(22)16(11-15)13-5-8-19-17(10-13)20(26-25-19)24-21(27)14-4-3-9-23-12-14/h5-8,10-11,14,23H,2-4,9,12H2,1H3,(H2,24,25,26,27)/t14-/m1/s1. The summed E-state index contributed by atoms with van der Waals surface area (Å²) in [5.41, 5.74) is 1.92. The molecule has 1 aliphatic heterocycles. The van der Waals surface area contributed by atoms with Crippen LogP contribution in [-0.2, 0) is 4.79 Å². The lowest BCUT2D eigenvalue weighted by Crippen LogP contribution is -2.37. The molecule has 6 nitrogen and oxygen atoms in total. The maximum absolute atomic E-state index is 14.4. The van der Waals surface area contributed by atoms with E-state index in [0.29, 0.717) is 35.8 Å². The van der Waals surface area contributed by atoms with E-state index in [-0.39, 0.29) is 17.6 Å². The van der Waals surface area contributed by atoms with Gasteiger partial charge in [-0.05, 0) is 62.2 Å². The van der Waals surface area contributed by atoms with Crippen LogP contribution in [0.1, 0.15) is 19.8 Å². The second kappa shape index (κ2) is 7.98. The molecular formula is C21H23FN4O2. The van der Waals surface area contributed by atoms with Crippen molar-refractivity contribution >= 4 is 22.6 Å². The summed E-state index contributed by atoms with van der Waals surface area (Å²) in [4.78, 5) is 12.6. The van der Waals surface area contributed by atoms with Crippen LogP contribution in [0.15, 0.2) is 36.4 Å². The van der Waals surface area contributed by atoms with Crippen molar-refractivity contribution in [3.63, 3.8) is 0 Å². The summed E-state index contributed by atoms with van der Waals surface area (Å²) in [5.74, 6) is 0.642. The van der Waals surface area contributed by atoms with Crippen LogP contribution in [0.25, 0.3) is 22.0 Å². The first-order valence-electron chi connectivity index (χ1n) is 9.58. The molecule has 1 fully saturated rings. The van der Waals surface area contributed by atoms with Crippen LogP contribution >= 0.6 is 0 Å². The first-order chi connectivity index (χ1) is 13.7. The Balaban J connectivity index is 1.65. The number of fused-ring (bicyclic) bond motifs is 1. The second-order valence-corrected chi connectivity index (χ2v) is 6.94. The number of nitrogens with zero attached hydrogens (tertiary/aromatic N) is 1. The molecule has 3 aromatic rings. The van der Waals surface area contributed by atoms with Gasteiger partial charge in [0, 0.05) is 17.5 Å². The fraction of sp³-hybridized carbons (Fsp3) is 0.333. The molecule has 1 aromatic heterocycles. The number of hydrogen-bond acceptors (Lipinski definition) is 4. The summed E-state index contributed by atoms with van der Waals surface area (Å²) >= 11 is 0. The molecule has 1 atom stereocenters. The van der Waals surface area contributed by atoms with Crippen molar-refractivity contribution in [3.8, 4) is 16.9 Å². The predicted molar refractivity (Wildman–Crippen MR) is 107 cm³/mol. The Bertz CT molecular complexity index is 995. The Morgan fingerprint density at radius 3 is 3.00 bits per heavy atom. The van der Waals surface area contributed by atoms with Gasteiger partial charge in [0.25, 0.3) is 0 Å². The number of benzene rings is 2. The average molecular weight is 382 g/mol. The Morgan fingerprint density at radius 2 is 2.21 bits per heavy atom. The third-order valence-electron chi connectivity index (χ3n) is 5.03. The van der Waals surface area contributed by atoms with E-state index in [9.17, 15) is 9.18 Å². The minimum absolute atomic E-state index is 0.0458. The number of amides is 1. The maximum atomic E-state index is 14.4. The Kier molecular flexibility index (Phi) is 5.25. The number of piperidine rings is 1. The van der Waals surface area contributed by atoms with Gasteiger partial charge in [-0.1, -0.05) is 6.07 Å². The third kappa shape index (κ3) is 3.71. The minimum atomic E-state index is -0.329. The van der Waals surface area contributed by atoms with E-state index in [1.54, 1.807) is 12.1 Å². The quantitative estimate of drug-likeness (QED) is 0.629. The second-order valence-electron chi connectivity index (χ2n) is 6.94. The molecule has 0 spiro atoms. The van der Waals surface area contributed by atoms with E-state index in [0.717, 1.165) is 30.3 Å². The van der Waals surface area contributed by atoms with Gasteiger partial charge in [0.2, 0.25) is 5.91 Å². The Labute approximate surface area is 162 Å². The topological polar surface area (TPSA) is 79.0 Å². The van der Waals surface area contributed by atoms with Crippen molar-refractivity contribution < 1.29 is 13.9 Å². The van der Waals surface area contributed by atoms with Gasteiger partial charge in [-0.15, -0.1) is 0 Å². The lowest BCUT2D eigenvalue weighted by atomic mass is 9.99. The van der Waals surface area contributed by atoms with E-state index in [1.165, 1.54) is 6.07 Å². The van der Waals surface area contributed by atoms with Crippen molar-refractivity contribution in [2.45, 2.75) is 19.8 Å². The third-order valence-corrected chi connectivity index (χ3v) is 5.03. The van der Waals surface area contributed by atoms with E-state index in [4.69, 9.17) is 4.74 Å². The molecule has 0 aliphatic carbocycles. The number of rotatable bonds is 5. The zero-order chi connectivity index (χ0) is 19.5. The summed E-state index contributed by atoms with van der Waals surface area (Å²) in [6.45, 7) is 4.02. The zero-order valence-electron chi connectivity index (χ0n) is 15.7. The number of aromatic nitrogens is 2. The molecule has 0 saturated carbocycles. The number of carbonyl (C=O) groups excluding carboxylic acids is 1. The van der Waals surface area contributed by atoms with Crippen molar-refractivity contribution in [3.05, 3.63) is 42.2 Å². The van der Waals surface area contributed by atoms with E-state index < -0.39 is 0 Å². The highest BCUT2D eigenvalue weighted by atomic mass is 19.1. The van der Waals surface area contributed by atoms with Gasteiger partial charge in [0.15, 0.2) is 5.82 Å². The molecule has 146 valence electrons. The van der Waals surface area contributed by atoms with E-state index >= 15 is 0 Å². The summed E-state index contributed by atoms with van der Waals surface area (Å²) in [5, 5.41) is 14.1. The molecule has 0 bridgehead atoms. The fourth-order valence-corrected chi connectivity index (χ4v) is 3.55. The highest BCUT2D eigenvalue weighted by molar-refractivity contribution is 6.01. The highest BCUT2D eigenvalue weighted by Gasteiger charge is 2.22. The van der Waals surface area contributed by atoms with Crippen LogP contribution in [0, 0.1) is 11.7 Å². The van der Waals surface area contributed by atoms with Crippen molar-refractivity contribution in [2.24, 2.45) is 5.92 Å². The Hall–Kier alpha value is -2.93. The average Bonchev–Trinajstić information content (AvgIpc) is 3.12. The number of hydrogen-bond donors (Lipinski definition) is 3.